The molecule has 1 aliphatic heterocycles. The molecular formula is C21H29F2N5O. The second-order valence-electron chi connectivity index (χ2n) is 7.21. The molecule has 2 unspecified atom stereocenters. The van der Waals surface area contributed by atoms with Crippen molar-refractivity contribution in [2.45, 2.75) is 45.9 Å². The van der Waals surface area contributed by atoms with Crippen LogP contribution >= 0.6 is 0 Å². The Balaban J connectivity index is 1.64. The predicted molar refractivity (Wildman–Crippen MR) is 109 cm³/mol. The van der Waals surface area contributed by atoms with Crippen LogP contribution in [0.3, 0.4) is 0 Å². The summed E-state index contributed by atoms with van der Waals surface area (Å²) in [6, 6.07) is 8.46. The van der Waals surface area contributed by atoms with E-state index < -0.39 is 6.55 Å². The lowest BCUT2D eigenvalue weighted by Crippen LogP contribution is -2.42. The van der Waals surface area contributed by atoms with Crippen molar-refractivity contribution in [2.24, 2.45) is 10.9 Å². The minimum atomic E-state index is -2.62. The standard InChI is InChI=1S/C21H29F2N5O/c1-3-24-21(27-14-18-25-10-11-28(18)20(22)23)26-13-17-5-4-12-29-19(17)16-8-6-15(2)7-9-16/h6-11,17,19-20H,3-5,12-14H2,1-2H3,(H2,24,26,27). The highest BCUT2D eigenvalue weighted by Crippen LogP contribution is 2.33. The van der Waals surface area contributed by atoms with Gasteiger partial charge in [0.15, 0.2) is 5.96 Å². The molecule has 8 heteroatoms. The van der Waals surface area contributed by atoms with Crippen molar-refractivity contribution in [1.29, 1.82) is 0 Å². The highest BCUT2D eigenvalue weighted by molar-refractivity contribution is 5.79. The van der Waals surface area contributed by atoms with Gasteiger partial charge in [-0.2, -0.15) is 8.78 Å². The van der Waals surface area contributed by atoms with Crippen molar-refractivity contribution in [1.82, 2.24) is 20.2 Å². The molecule has 0 bridgehead atoms. The number of hydrogen-bond acceptors (Lipinski definition) is 3. The lowest BCUT2D eigenvalue weighted by molar-refractivity contribution is -0.0265. The van der Waals surface area contributed by atoms with E-state index in [9.17, 15) is 8.78 Å². The average Bonchev–Trinajstić information content (AvgIpc) is 3.20. The number of rotatable bonds is 7. The highest BCUT2D eigenvalue weighted by Gasteiger charge is 2.27. The van der Waals surface area contributed by atoms with Crippen molar-refractivity contribution >= 4 is 5.96 Å². The molecule has 3 rings (SSSR count). The van der Waals surface area contributed by atoms with Gasteiger partial charge in [-0.3, -0.25) is 4.57 Å². The monoisotopic (exact) mass is 405 g/mol. The molecule has 6 nitrogen and oxygen atoms in total. The summed E-state index contributed by atoms with van der Waals surface area (Å²) in [4.78, 5) is 8.41. The molecule has 1 aromatic carbocycles. The number of halogens is 2. The van der Waals surface area contributed by atoms with E-state index in [1.54, 1.807) is 0 Å². The zero-order chi connectivity index (χ0) is 20.6. The number of aryl methyl sites for hydroxylation is 1. The van der Waals surface area contributed by atoms with Crippen molar-refractivity contribution in [3.8, 4) is 0 Å². The van der Waals surface area contributed by atoms with Gasteiger partial charge in [0.2, 0.25) is 0 Å². The third-order valence-corrected chi connectivity index (χ3v) is 5.06. The summed E-state index contributed by atoms with van der Waals surface area (Å²) in [5.41, 5.74) is 2.41. The van der Waals surface area contributed by atoms with E-state index in [0.29, 0.717) is 25.0 Å². The zero-order valence-corrected chi connectivity index (χ0v) is 16.9. The predicted octanol–water partition coefficient (Wildman–Crippen LogP) is 3.81. The summed E-state index contributed by atoms with van der Waals surface area (Å²) in [7, 11) is 0. The number of ether oxygens (including phenoxy) is 1. The Bertz CT molecular complexity index is 791. The number of benzene rings is 1. The maximum atomic E-state index is 13.0. The Kier molecular flexibility index (Phi) is 7.57. The molecule has 2 heterocycles. The molecule has 2 N–H and O–H groups in total. The summed E-state index contributed by atoms with van der Waals surface area (Å²) in [6.07, 6.45) is 4.75. The third-order valence-electron chi connectivity index (χ3n) is 5.06. The Morgan fingerprint density at radius 3 is 2.83 bits per heavy atom. The van der Waals surface area contributed by atoms with Gasteiger partial charge in [-0.15, -0.1) is 0 Å². The smallest absolute Gasteiger partial charge is 0.319 e. The van der Waals surface area contributed by atoms with Crippen LogP contribution in [-0.4, -0.2) is 35.2 Å². The fourth-order valence-corrected chi connectivity index (χ4v) is 3.54. The van der Waals surface area contributed by atoms with Gasteiger partial charge in [0, 0.05) is 38.0 Å². The number of nitrogens with one attached hydrogen (secondary N) is 2. The molecule has 29 heavy (non-hydrogen) atoms. The molecule has 158 valence electrons. The first-order valence-electron chi connectivity index (χ1n) is 10.1. The SMILES string of the molecule is CCNC(=NCc1nccn1C(F)F)NCC1CCCOC1c1ccc(C)cc1. The molecule has 1 aliphatic rings. The van der Waals surface area contributed by atoms with Crippen LogP contribution in [0.4, 0.5) is 8.78 Å². The molecule has 0 amide bonds. The topological polar surface area (TPSA) is 63.5 Å². The summed E-state index contributed by atoms with van der Waals surface area (Å²) in [6.45, 7) is 3.63. The average molecular weight is 405 g/mol. The molecule has 1 fully saturated rings. The lowest BCUT2D eigenvalue weighted by Gasteiger charge is -2.32. The quantitative estimate of drug-likeness (QED) is 0.543. The number of aromatic nitrogens is 2. The van der Waals surface area contributed by atoms with Gasteiger partial charge in [0.05, 0.1) is 6.10 Å². The zero-order valence-electron chi connectivity index (χ0n) is 16.9. The van der Waals surface area contributed by atoms with Crippen LogP contribution < -0.4 is 10.6 Å². The number of guanidine groups is 1. The van der Waals surface area contributed by atoms with E-state index in [1.165, 1.54) is 23.5 Å². The first-order chi connectivity index (χ1) is 14.1. The van der Waals surface area contributed by atoms with E-state index in [1.807, 2.05) is 6.92 Å². The summed E-state index contributed by atoms with van der Waals surface area (Å²) in [5.74, 6) is 1.12. The Hall–Kier alpha value is -2.48. The Labute approximate surface area is 170 Å². The van der Waals surface area contributed by atoms with E-state index in [2.05, 4.69) is 51.8 Å². The van der Waals surface area contributed by atoms with Crippen LogP contribution in [0.25, 0.3) is 0 Å². The van der Waals surface area contributed by atoms with Gasteiger partial charge in [0.25, 0.3) is 0 Å². The maximum Gasteiger partial charge on any atom is 0.319 e. The number of nitrogens with zero attached hydrogens (tertiary/aromatic N) is 3. The van der Waals surface area contributed by atoms with Crippen LogP contribution in [-0.2, 0) is 11.3 Å². The summed E-state index contributed by atoms with van der Waals surface area (Å²) >= 11 is 0. The molecule has 2 aromatic rings. The van der Waals surface area contributed by atoms with Gasteiger partial charge in [-0.1, -0.05) is 29.8 Å². The van der Waals surface area contributed by atoms with Crippen molar-refractivity contribution in [3.63, 3.8) is 0 Å². The molecular weight excluding hydrogens is 376 g/mol. The number of alkyl halides is 2. The number of imidazole rings is 1. The van der Waals surface area contributed by atoms with E-state index in [-0.39, 0.29) is 18.5 Å². The minimum absolute atomic E-state index is 0.0393. The normalized spacial score (nSPS) is 20.1. The second-order valence-corrected chi connectivity index (χ2v) is 7.21. The van der Waals surface area contributed by atoms with Crippen LogP contribution in [0.5, 0.6) is 0 Å². The molecule has 0 saturated carbocycles. The number of aliphatic imine (C=N–C) groups is 1. The van der Waals surface area contributed by atoms with E-state index >= 15 is 0 Å². The minimum Gasteiger partial charge on any atom is -0.373 e. The van der Waals surface area contributed by atoms with Gasteiger partial charge in [0.1, 0.15) is 12.4 Å². The van der Waals surface area contributed by atoms with Gasteiger partial charge >= 0.3 is 6.55 Å². The molecule has 2 atom stereocenters. The van der Waals surface area contributed by atoms with Crippen molar-refractivity contribution in [3.05, 3.63) is 53.6 Å². The largest absolute Gasteiger partial charge is 0.373 e. The maximum absolute atomic E-state index is 13.0. The highest BCUT2D eigenvalue weighted by atomic mass is 19.3. The Morgan fingerprint density at radius 1 is 1.31 bits per heavy atom. The van der Waals surface area contributed by atoms with Gasteiger partial charge in [-0.05, 0) is 32.3 Å². The molecule has 0 radical (unpaired) electrons. The molecule has 0 spiro atoms. The first-order valence-corrected chi connectivity index (χ1v) is 10.1. The fraction of sp³-hybridized carbons (Fsp3) is 0.524. The third kappa shape index (κ3) is 5.76. The first kappa shape index (κ1) is 21.2. The van der Waals surface area contributed by atoms with Crippen LogP contribution in [0.15, 0.2) is 41.7 Å². The number of hydrogen-bond donors (Lipinski definition) is 2. The molecule has 1 aromatic heterocycles. The fourth-order valence-electron chi connectivity index (χ4n) is 3.54. The lowest BCUT2D eigenvalue weighted by atomic mass is 9.89. The van der Waals surface area contributed by atoms with Crippen LogP contribution in [0, 0.1) is 12.8 Å². The van der Waals surface area contributed by atoms with Crippen LogP contribution in [0.1, 0.15) is 49.4 Å². The molecule has 0 aliphatic carbocycles. The second kappa shape index (κ2) is 10.3. The van der Waals surface area contributed by atoms with E-state index in [4.69, 9.17) is 4.74 Å². The van der Waals surface area contributed by atoms with Gasteiger partial charge in [-0.25, -0.2) is 9.98 Å². The van der Waals surface area contributed by atoms with E-state index in [0.717, 1.165) is 24.0 Å². The molecule has 1 saturated heterocycles. The van der Waals surface area contributed by atoms with Crippen LogP contribution in [0.2, 0.25) is 0 Å². The van der Waals surface area contributed by atoms with Gasteiger partial charge < -0.3 is 15.4 Å². The summed E-state index contributed by atoms with van der Waals surface area (Å²) < 4.78 is 32.9. The summed E-state index contributed by atoms with van der Waals surface area (Å²) in [5, 5.41) is 6.52. The van der Waals surface area contributed by atoms with Crippen molar-refractivity contribution < 1.29 is 13.5 Å². The Morgan fingerprint density at radius 2 is 2.10 bits per heavy atom. The van der Waals surface area contributed by atoms with Crippen molar-refractivity contribution in [2.75, 3.05) is 19.7 Å².